The summed E-state index contributed by atoms with van der Waals surface area (Å²) in [5.74, 6) is 0. The second-order valence-corrected chi connectivity index (χ2v) is 6.63. The van der Waals surface area contributed by atoms with Gasteiger partial charge in [-0.25, -0.2) is 0 Å². The molecule has 0 radical (unpaired) electrons. The first-order valence-electron chi connectivity index (χ1n) is 5.98. The molecule has 0 fully saturated rings. The summed E-state index contributed by atoms with van der Waals surface area (Å²) in [4.78, 5) is 20.9. The Labute approximate surface area is 124 Å². The van der Waals surface area contributed by atoms with Crippen LogP contribution in [0.25, 0.3) is 19.6 Å². The molecule has 0 N–H and O–H groups in total. The van der Waals surface area contributed by atoms with Crippen molar-refractivity contribution in [3.05, 3.63) is 68.8 Å². The molecule has 3 aromatic rings. The molecule has 0 bridgehead atoms. The minimum absolute atomic E-state index is 0.0303. The molecule has 0 aliphatic heterocycles. The molecular formula is C14H8N2O4Se. The zero-order valence-electron chi connectivity index (χ0n) is 10.6. The summed E-state index contributed by atoms with van der Waals surface area (Å²) in [5, 5.41) is 22.3. The molecule has 0 saturated heterocycles. The summed E-state index contributed by atoms with van der Waals surface area (Å²) in [6.07, 6.45) is 0. The fourth-order valence-electron chi connectivity index (χ4n) is 2.09. The first-order chi connectivity index (χ1) is 10.1. The Morgan fingerprint density at radius 3 is 2.24 bits per heavy atom. The molecule has 3 rings (SSSR count). The Morgan fingerprint density at radius 1 is 0.905 bits per heavy atom. The number of fused-ring (bicyclic) bond motifs is 1. The van der Waals surface area contributed by atoms with Crippen molar-refractivity contribution in [2.75, 3.05) is 0 Å². The zero-order chi connectivity index (χ0) is 15.0. The van der Waals surface area contributed by atoms with Gasteiger partial charge in [-0.3, -0.25) is 0 Å². The van der Waals surface area contributed by atoms with E-state index in [4.69, 9.17) is 0 Å². The van der Waals surface area contributed by atoms with Crippen molar-refractivity contribution in [2.45, 2.75) is 0 Å². The topological polar surface area (TPSA) is 86.3 Å². The minimum atomic E-state index is -0.447. The van der Waals surface area contributed by atoms with Gasteiger partial charge in [0.2, 0.25) is 0 Å². The summed E-state index contributed by atoms with van der Waals surface area (Å²) in [6.45, 7) is 0. The average molecular weight is 347 g/mol. The Kier molecular flexibility index (Phi) is 3.29. The normalized spacial score (nSPS) is 10.7. The van der Waals surface area contributed by atoms with Crippen molar-refractivity contribution in [1.29, 1.82) is 0 Å². The maximum atomic E-state index is 11.0. The van der Waals surface area contributed by atoms with Crippen LogP contribution < -0.4 is 0 Å². The van der Waals surface area contributed by atoms with Crippen LogP contribution in [0.4, 0.5) is 11.4 Å². The standard InChI is InChI=1S/C14H8N2O4Se/c17-15(18)10-6-4-9(5-7-10)14-8-11-12(16(19)20)2-1-3-13(11)21-14/h1-8H. The fourth-order valence-corrected chi connectivity index (χ4v) is 4.38. The molecule has 1 heterocycles. The van der Waals surface area contributed by atoms with E-state index >= 15 is 0 Å². The van der Waals surface area contributed by atoms with E-state index in [-0.39, 0.29) is 30.8 Å². The molecule has 7 heteroatoms. The number of nitro groups is 2. The van der Waals surface area contributed by atoms with E-state index in [1.807, 2.05) is 12.1 Å². The van der Waals surface area contributed by atoms with Crippen LogP contribution in [0, 0.1) is 20.2 Å². The van der Waals surface area contributed by atoms with Gasteiger partial charge in [-0.15, -0.1) is 0 Å². The van der Waals surface area contributed by atoms with Gasteiger partial charge < -0.3 is 0 Å². The van der Waals surface area contributed by atoms with Crippen molar-refractivity contribution < 1.29 is 9.85 Å². The predicted octanol–water partition coefficient (Wildman–Crippen LogP) is 3.38. The molecule has 2 aromatic carbocycles. The molecule has 0 spiro atoms. The van der Waals surface area contributed by atoms with Crippen LogP contribution in [0.1, 0.15) is 0 Å². The number of hydrogen-bond acceptors (Lipinski definition) is 4. The van der Waals surface area contributed by atoms with Crippen molar-refractivity contribution in [3.63, 3.8) is 0 Å². The Balaban J connectivity index is 2.11. The van der Waals surface area contributed by atoms with Gasteiger partial charge in [-0.2, -0.15) is 0 Å². The van der Waals surface area contributed by atoms with Crippen molar-refractivity contribution in [1.82, 2.24) is 0 Å². The Hall–Kier alpha value is -2.50. The van der Waals surface area contributed by atoms with Gasteiger partial charge in [0.1, 0.15) is 0 Å². The van der Waals surface area contributed by atoms with Crippen LogP contribution in [0.2, 0.25) is 0 Å². The van der Waals surface area contributed by atoms with Gasteiger partial charge in [0, 0.05) is 0 Å². The van der Waals surface area contributed by atoms with E-state index in [0.717, 1.165) is 14.3 Å². The summed E-state index contributed by atoms with van der Waals surface area (Å²) >= 11 is -0.0303. The molecule has 0 saturated carbocycles. The van der Waals surface area contributed by atoms with Gasteiger partial charge in [-0.05, 0) is 0 Å². The third-order valence-corrected chi connectivity index (χ3v) is 5.51. The molecule has 0 aliphatic rings. The van der Waals surface area contributed by atoms with E-state index in [0.29, 0.717) is 5.39 Å². The fraction of sp³-hybridized carbons (Fsp3) is 0. The number of non-ortho nitro benzene ring substituents is 2. The Bertz CT molecular complexity index is 855. The molecular weight excluding hydrogens is 339 g/mol. The monoisotopic (exact) mass is 348 g/mol. The van der Waals surface area contributed by atoms with Crippen LogP contribution in [0.15, 0.2) is 48.5 Å². The second kappa shape index (κ2) is 5.12. The van der Waals surface area contributed by atoms with E-state index in [1.165, 1.54) is 18.2 Å². The van der Waals surface area contributed by atoms with Gasteiger partial charge in [0.15, 0.2) is 0 Å². The maximum absolute atomic E-state index is 11.0. The summed E-state index contributed by atoms with van der Waals surface area (Å²) in [7, 11) is 0. The van der Waals surface area contributed by atoms with E-state index in [2.05, 4.69) is 0 Å². The van der Waals surface area contributed by atoms with Crippen LogP contribution >= 0.6 is 0 Å². The van der Waals surface area contributed by atoms with Crippen LogP contribution in [-0.2, 0) is 0 Å². The van der Waals surface area contributed by atoms with Gasteiger partial charge >= 0.3 is 124 Å². The summed E-state index contributed by atoms with van der Waals surface area (Å²) in [5.41, 5.74) is 1.01. The molecule has 0 unspecified atom stereocenters. The molecule has 104 valence electrons. The third kappa shape index (κ3) is 2.44. The molecule has 21 heavy (non-hydrogen) atoms. The molecule has 0 atom stereocenters. The van der Waals surface area contributed by atoms with Crippen LogP contribution in [0.5, 0.6) is 0 Å². The van der Waals surface area contributed by atoms with E-state index in [9.17, 15) is 20.2 Å². The predicted molar refractivity (Wildman–Crippen MR) is 79.6 cm³/mol. The van der Waals surface area contributed by atoms with Crippen LogP contribution in [-0.4, -0.2) is 24.4 Å². The number of benzene rings is 2. The average Bonchev–Trinajstić information content (AvgIpc) is 2.90. The first kappa shape index (κ1) is 13.5. The van der Waals surface area contributed by atoms with Gasteiger partial charge in [-0.1, -0.05) is 0 Å². The van der Waals surface area contributed by atoms with Crippen LogP contribution in [0.3, 0.4) is 0 Å². The van der Waals surface area contributed by atoms with Crippen molar-refractivity contribution in [2.24, 2.45) is 0 Å². The molecule has 6 nitrogen and oxygen atoms in total. The summed E-state index contributed by atoms with van der Waals surface area (Å²) in [6, 6.07) is 13.1. The second-order valence-electron chi connectivity index (χ2n) is 4.36. The first-order valence-corrected chi connectivity index (χ1v) is 7.69. The number of nitrogens with zero attached hydrogens (tertiary/aromatic N) is 2. The SMILES string of the molecule is O=[N+]([O-])c1ccc(-c2cc3c([N+](=O)[O-])cccc3[se]2)cc1. The van der Waals surface area contributed by atoms with E-state index < -0.39 is 4.92 Å². The molecule has 0 amide bonds. The van der Waals surface area contributed by atoms with E-state index in [1.54, 1.807) is 18.2 Å². The number of rotatable bonds is 3. The van der Waals surface area contributed by atoms with Crippen molar-refractivity contribution >= 4 is 35.5 Å². The number of hydrogen-bond donors (Lipinski definition) is 0. The number of nitro benzene ring substituents is 2. The summed E-state index contributed by atoms with van der Waals surface area (Å²) < 4.78 is 1.95. The molecule has 0 aliphatic carbocycles. The quantitative estimate of drug-likeness (QED) is 0.413. The van der Waals surface area contributed by atoms with Gasteiger partial charge in [0.25, 0.3) is 0 Å². The third-order valence-electron chi connectivity index (χ3n) is 3.10. The van der Waals surface area contributed by atoms with Gasteiger partial charge in [0.05, 0.1) is 0 Å². The zero-order valence-corrected chi connectivity index (χ0v) is 12.3. The van der Waals surface area contributed by atoms with Crippen molar-refractivity contribution in [3.8, 4) is 10.0 Å². The molecule has 1 aromatic heterocycles. The Morgan fingerprint density at radius 2 is 1.62 bits per heavy atom.